The molecule has 1 aliphatic heterocycles. The van der Waals surface area contributed by atoms with E-state index in [1.165, 1.54) is 12.8 Å². The van der Waals surface area contributed by atoms with E-state index in [4.69, 9.17) is 0 Å². The van der Waals surface area contributed by atoms with Crippen molar-refractivity contribution in [1.29, 1.82) is 0 Å². The van der Waals surface area contributed by atoms with Crippen molar-refractivity contribution in [3.05, 3.63) is 11.4 Å². The molecule has 0 spiro atoms. The Morgan fingerprint density at radius 3 is 2.38 bits per heavy atom. The summed E-state index contributed by atoms with van der Waals surface area (Å²) < 4.78 is 27.7. The van der Waals surface area contributed by atoms with Crippen molar-refractivity contribution in [2.75, 3.05) is 19.6 Å². The molecule has 0 radical (unpaired) electrons. The highest BCUT2D eigenvalue weighted by molar-refractivity contribution is 7.89. The van der Waals surface area contributed by atoms with Crippen LogP contribution in [-0.2, 0) is 10.0 Å². The average molecular weight is 314 g/mol. The van der Waals surface area contributed by atoms with Crippen LogP contribution in [-0.4, -0.2) is 49.2 Å². The number of hydrogen-bond acceptors (Lipinski definition) is 4. The molecule has 1 aromatic rings. The van der Waals surface area contributed by atoms with E-state index in [2.05, 4.69) is 33.7 Å². The zero-order valence-electron chi connectivity index (χ0n) is 13.3. The average Bonchev–Trinajstić information content (AvgIpc) is 2.99. The Labute approximate surface area is 127 Å². The molecule has 0 aliphatic carbocycles. The van der Waals surface area contributed by atoms with Gasteiger partial charge in [0.15, 0.2) is 0 Å². The topological polar surface area (TPSA) is 78.1 Å². The van der Waals surface area contributed by atoms with Crippen molar-refractivity contribution in [2.24, 2.45) is 5.92 Å². The number of H-pyrrole nitrogens is 1. The lowest BCUT2D eigenvalue weighted by Gasteiger charge is -2.30. The summed E-state index contributed by atoms with van der Waals surface area (Å²) in [5, 5.41) is 6.70. The lowest BCUT2D eigenvalue weighted by molar-refractivity contribution is 0.193. The SMILES string of the molecule is Cc1n[nH]c(C)c1S(=O)(=O)NCC(C(C)C)N1CCCC1. The number of rotatable bonds is 6. The summed E-state index contributed by atoms with van der Waals surface area (Å²) in [5.41, 5.74) is 1.10. The fourth-order valence-corrected chi connectivity index (χ4v) is 4.48. The maximum absolute atomic E-state index is 12.5. The Morgan fingerprint density at radius 1 is 1.29 bits per heavy atom. The second-order valence-electron chi connectivity index (χ2n) is 6.17. The Hall–Kier alpha value is -0.920. The molecule has 1 aromatic heterocycles. The van der Waals surface area contributed by atoms with Crippen LogP contribution in [0, 0.1) is 19.8 Å². The van der Waals surface area contributed by atoms with Gasteiger partial charge in [0.1, 0.15) is 4.90 Å². The third-order valence-corrected chi connectivity index (χ3v) is 5.88. The molecule has 120 valence electrons. The molecule has 1 atom stereocenters. The maximum Gasteiger partial charge on any atom is 0.244 e. The van der Waals surface area contributed by atoms with Crippen molar-refractivity contribution in [3.8, 4) is 0 Å². The second kappa shape index (κ2) is 6.46. The molecule has 0 saturated carbocycles. The molecule has 6 nitrogen and oxygen atoms in total. The monoisotopic (exact) mass is 314 g/mol. The normalized spacial score (nSPS) is 18.5. The van der Waals surface area contributed by atoms with Gasteiger partial charge in [0.05, 0.1) is 11.4 Å². The smallest absolute Gasteiger partial charge is 0.244 e. The van der Waals surface area contributed by atoms with Crippen LogP contribution < -0.4 is 4.72 Å². The van der Waals surface area contributed by atoms with Crippen LogP contribution in [0.15, 0.2) is 4.90 Å². The van der Waals surface area contributed by atoms with Gasteiger partial charge in [0.25, 0.3) is 0 Å². The fourth-order valence-electron chi connectivity index (χ4n) is 3.06. The summed E-state index contributed by atoms with van der Waals surface area (Å²) >= 11 is 0. The number of aromatic nitrogens is 2. The van der Waals surface area contributed by atoms with Gasteiger partial charge in [-0.1, -0.05) is 13.8 Å². The van der Waals surface area contributed by atoms with E-state index >= 15 is 0 Å². The summed E-state index contributed by atoms with van der Waals surface area (Å²) in [5.74, 6) is 0.414. The zero-order chi connectivity index (χ0) is 15.6. The Morgan fingerprint density at radius 2 is 1.90 bits per heavy atom. The predicted octanol–water partition coefficient (Wildman–Crippen LogP) is 1.43. The van der Waals surface area contributed by atoms with Crippen LogP contribution in [0.25, 0.3) is 0 Å². The van der Waals surface area contributed by atoms with E-state index in [0.717, 1.165) is 13.1 Å². The number of hydrogen-bond donors (Lipinski definition) is 2. The third-order valence-electron chi connectivity index (χ3n) is 4.19. The summed E-state index contributed by atoms with van der Waals surface area (Å²) in [6.45, 7) is 10.3. The Kier molecular flexibility index (Phi) is 5.06. The van der Waals surface area contributed by atoms with Gasteiger partial charge in [0, 0.05) is 12.6 Å². The highest BCUT2D eigenvalue weighted by Crippen LogP contribution is 2.19. The molecule has 1 saturated heterocycles. The van der Waals surface area contributed by atoms with Gasteiger partial charge in [-0.3, -0.25) is 10.00 Å². The van der Waals surface area contributed by atoms with E-state index in [-0.39, 0.29) is 10.9 Å². The van der Waals surface area contributed by atoms with E-state index in [1.807, 2.05) is 0 Å². The minimum absolute atomic E-state index is 0.245. The lowest BCUT2D eigenvalue weighted by Crippen LogP contribution is -2.45. The maximum atomic E-state index is 12.5. The predicted molar refractivity (Wildman–Crippen MR) is 82.7 cm³/mol. The molecule has 1 fully saturated rings. The molecule has 2 heterocycles. The van der Waals surface area contributed by atoms with Crippen LogP contribution in [0.2, 0.25) is 0 Å². The highest BCUT2D eigenvalue weighted by Gasteiger charge is 2.28. The fraction of sp³-hybridized carbons (Fsp3) is 0.786. The molecule has 2 N–H and O–H groups in total. The molecule has 1 aliphatic rings. The lowest BCUT2D eigenvalue weighted by atomic mass is 10.0. The molecule has 21 heavy (non-hydrogen) atoms. The molecule has 0 aromatic carbocycles. The molecule has 7 heteroatoms. The quantitative estimate of drug-likeness (QED) is 0.832. The minimum Gasteiger partial charge on any atom is -0.299 e. The summed E-state index contributed by atoms with van der Waals surface area (Å²) in [7, 11) is -3.51. The van der Waals surface area contributed by atoms with Crippen LogP contribution in [0.4, 0.5) is 0 Å². The Bertz CT molecular complexity index is 554. The molecule has 2 rings (SSSR count). The minimum atomic E-state index is -3.51. The van der Waals surface area contributed by atoms with Gasteiger partial charge in [-0.25, -0.2) is 13.1 Å². The first-order valence-corrected chi connectivity index (χ1v) is 9.06. The molecule has 0 bridgehead atoms. The number of sulfonamides is 1. The van der Waals surface area contributed by atoms with Crippen LogP contribution >= 0.6 is 0 Å². The van der Waals surface area contributed by atoms with E-state index in [9.17, 15) is 8.42 Å². The van der Waals surface area contributed by atoms with Crippen LogP contribution in [0.5, 0.6) is 0 Å². The van der Waals surface area contributed by atoms with Gasteiger partial charge >= 0.3 is 0 Å². The number of aromatic amines is 1. The van der Waals surface area contributed by atoms with Crippen LogP contribution in [0.1, 0.15) is 38.1 Å². The van der Waals surface area contributed by atoms with Crippen molar-refractivity contribution >= 4 is 10.0 Å². The zero-order valence-corrected chi connectivity index (χ0v) is 14.1. The number of aryl methyl sites for hydroxylation is 2. The van der Waals surface area contributed by atoms with E-state index in [1.54, 1.807) is 13.8 Å². The number of nitrogens with zero attached hydrogens (tertiary/aromatic N) is 2. The standard InChI is InChI=1S/C14H26N4O2S/c1-10(2)13(18-7-5-6-8-18)9-15-21(19,20)14-11(3)16-17-12(14)4/h10,13,15H,5-9H2,1-4H3,(H,16,17). The van der Waals surface area contributed by atoms with Crippen molar-refractivity contribution in [2.45, 2.75) is 51.5 Å². The first-order valence-electron chi connectivity index (χ1n) is 7.58. The number of nitrogens with one attached hydrogen (secondary N) is 2. The summed E-state index contributed by atoms with van der Waals surface area (Å²) in [6.07, 6.45) is 2.41. The number of likely N-dealkylation sites (tertiary alicyclic amines) is 1. The van der Waals surface area contributed by atoms with E-state index < -0.39 is 10.0 Å². The van der Waals surface area contributed by atoms with Crippen molar-refractivity contribution in [3.63, 3.8) is 0 Å². The summed E-state index contributed by atoms with van der Waals surface area (Å²) in [6, 6.07) is 0.245. The largest absolute Gasteiger partial charge is 0.299 e. The first-order chi connectivity index (χ1) is 9.83. The summed E-state index contributed by atoms with van der Waals surface area (Å²) in [4.78, 5) is 2.67. The van der Waals surface area contributed by atoms with Gasteiger partial charge < -0.3 is 0 Å². The van der Waals surface area contributed by atoms with Gasteiger partial charge in [0.2, 0.25) is 10.0 Å². The second-order valence-corrected chi connectivity index (χ2v) is 7.87. The van der Waals surface area contributed by atoms with Gasteiger partial charge in [-0.05, 0) is 45.7 Å². The first kappa shape index (κ1) is 16.5. The van der Waals surface area contributed by atoms with Gasteiger partial charge in [-0.15, -0.1) is 0 Å². The molecular weight excluding hydrogens is 288 g/mol. The van der Waals surface area contributed by atoms with Crippen molar-refractivity contribution in [1.82, 2.24) is 19.8 Å². The highest BCUT2D eigenvalue weighted by atomic mass is 32.2. The Balaban J connectivity index is 2.09. The van der Waals surface area contributed by atoms with E-state index in [0.29, 0.717) is 23.9 Å². The molecule has 0 amide bonds. The van der Waals surface area contributed by atoms with Crippen LogP contribution in [0.3, 0.4) is 0 Å². The molecular formula is C14H26N4O2S. The molecule has 1 unspecified atom stereocenters. The van der Waals surface area contributed by atoms with Gasteiger partial charge in [-0.2, -0.15) is 5.10 Å². The third kappa shape index (κ3) is 3.64. The van der Waals surface area contributed by atoms with Crippen molar-refractivity contribution < 1.29 is 8.42 Å².